The summed E-state index contributed by atoms with van der Waals surface area (Å²) >= 11 is 0. The van der Waals surface area contributed by atoms with Crippen molar-refractivity contribution in [1.82, 2.24) is 19.2 Å². The van der Waals surface area contributed by atoms with Crippen LogP contribution in [0.4, 0.5) is 5.95 Å². The Morgan fingerprint density at radius 2 is 1.67 bits per heavy atom. The summed E-state index contributed by atoms with van der Waals surface area (Å²) in [7, 11) is 0.220. The van der Waals surface area contributed by atoms with Crippen molar-refractivity contribution in [3.63, 3.8) is 0 Å². The van der Waals surface area contributed by atoms with E-state index in [0.29, 0.717) is 24.0 Å². The van der Waals surface area contributed by atoms with Crippen LogP contribution < -0.4 is 4.90 Å². The molecule has 0 N–H and O–H groups in total. The van der Waals surface area contributed by atoms with E-state index in [2.05, 4.69) is 52.2 Å². The van der Waals surface area contributed by atoms with E-state index in [1.807, 2.05) is 30.5 Å². The third-order valence-electron chi connectivity index (χ3n) is 6.98. The number of aromatic nitrogens is 2. The summed E-state index contributed by atoms with van der Waals surface area (Å²) in [6.45, 7) is 2.76. The van der Waals surface area contributed by atoms with Crippen molar-refractivity contribution in [2.24, 2.45) is 0 Å². The summed E-state index contributed by atoms with van der Waals surface area (Å²) in [6.07, 6.45) is 2.81. The first kappa shape index (κ1) is 24.4. The maximum Gasteiger partial charge on any atom is 0.242 e. The molecule has 36 heavy (non-hydrogen) atoms. The van der Waals surface area contributed by atoms with Gasteiger partial charge < -0.3 is 9.80 Å². The van der Waals surface area contributed by atoms with Crippen LogP contribution in [0.3, 0.4) is 0 Å². The zero-order chi connectivity index (χ0) is 25.1. The molecule has 1 atom stereocenters. The zero-order valence-electron chi connectivity index (χ0n) is 20.7. The fourth-order valence-electron chi connectivity index (χ4n) is 4.67. The van der Waals surface area contributed by atoms with Gasteiger partial charge in [0.1, 0.15) is 0 Å². The summed E-state index contributed by atoms with van der Waals surface area (Å²) in [5.41, 5.74) is 1.99. The van der Waals surface area contributed by atoms with E-state index in [1.54, 1.807) is 31.3 Å². The van der Waals surface area contributed by atoms with E-state index in [0.717, 1.165) is 36.7 Å². The molecule has 0 unspecified atom stereocenters. The third kappa shape index (κ3) is 5.11. The Bertz CT molecular complexity index is 1440. The highest BCUT2D eigenvalue weighted by Crippen LogP contribution is 2.26. The van der Waals surface area contributed by atoms with Crippen LogP contribution in [-0.4, -0.2) is 73.9 Å². The second-order valence-corrected chi connectivity index (χ2v) is 11.4. The molecule has 8 heteroatoms. The maximum atomic E-state index is 12.8. The molecule has 0 radical (unpaired) electrons. The quantitative estimate of drug-likeness (QED) is 0.362. The Kier molecular flexibility index (Phi) is 7.00. The number of nitrogens with zero attached hydrogens (tertiary/aromatic N) is 5. The topological polar surface area (TPSA) is 69.6 Å². The first-order valence-electron chi connectivity index (χ1n) is 12.2. The first-order chi connectivity index (χ1) is 17.4. The molecule has 0 saturated carbocycles. The van der Waals surface area contributed by atoms with E-state index in [9.17, 15) is 8.42 Å². The summed E-state index contributed by atoms with van der Waals surface area (Å²) in [4.78, 5) is 14.2. The van der Waals surface area contributed by atoms with Crippen molar-refractivity contribution >= 4 is 26.7 Å². The molecular weight excluding hydrogens is 470 g/mol. The summed E-state index contributed by atoms with van der Waals surface area (Å²) in [5.74, 6) is 0.736. The van der Waals surface area contributed by atoms with Crippen molar-refractivity contribution in [3.05, 3.63) is 85.1 Å². The maximum absolute atomic E-state index is 12.8. The van der Waals surface area contributed by atoms with E-state index in [-0.39, 0.29) is 0 Å². The number of sulfonamides is 1. The number of fused-ring (bicyclic) bond motifs is 1. The van der Waals surface area contributed by atoms with Gasteiger partial charge in [-0.1, -0.05) is 54.6 Å². The molecule has 4 aromatic rings. The molecule has 1 saturated heterocycles. The minimum absolute atomic E-state index is 0.311. The standard InChI is InChI=1S/C28H31N5O2S/c1-31(18-19-32(2)36(34,35)26-10-4-3-5-11-26)25-15-17-33(21-25)28-29-16-14-27(30-28)24-13-12-22-8-6-7-9-23(22)20-24/h3-14,16,20,25H,15,17-19,21H2,1-2H3/t25-/m1/s1. The average molecular weight is 502 g/mol. The highest BCUT2D eigenvalue weighted by Gasteiger charge is 2.28. The molecule has 3 aromatic carbocycles. The predicted molar refractivity (Wildman–Crippen MR) is 144 cm³/mol. The smallest absolute Gasteiger partial charge is 0.242 e. The second-order valence-electron chi connectivity index (χ2n) is 9.31. The van der Waals surface area contributed by atoms with E-state index >= 15 is 0 Å². The molecule has 1 aliphatic rings. The first-order valence-corrected chi connectivity index (χ1v) is 13.6. The number of benzene rings is 3. The van der Waals surface area contributed by atoms with Crippen LogP contribution in [-0.2, 0) is 10.0 Å². The number of anilines is 1. The summed E-state index contributed by atoms with van der Waals surface area (Å²) in [6, 6.07) is 25.6. The van der Waals surface area contributed by atoms with Crippen LogP contribution >= 0.6 is 0 Å². The van der Waals surface area contributed by atoms with E-state index < -0.39 is 10.0 Å². The van der Waals surface area contributed by atoms with Crippen molar-refractivity contribution in [2.75, 3.05) is 45.2 Å². The van der Waals surface area contributed by atoms with E-state index in [4.69, 9.17) is 4.98 Å². The van der Waals surface area contributed by atoms with Gasteiger partial charge in [0, 0.05) is 51.0 Å². The van der Waals surface area contributed by atoms with Crippen molar-refractivity contribution < 1.29 is 8.42 Å². The normalized spacial score (nSPS) is 16.3. The van der Waals surface area contributed by atoms with Crippen molar-refractivity contribution in [3.8, 4) is 11.3 Å². The number of hydrogen-bond acceptors (Lipinski definition) is 6. The Labute approximate surface area is 213 Å². The number of likely N-dealkylation sites (N-methyl/N-ethyl adjacent to an activating group) is 2. The fourth-order valence-corrected chi connectivity index (χ4v) is 5.85. The molecule has 0 spiro atoms. The van der Waals surface area contributed by atoms with E-state index in [1.165, 1.54) is 15.1 Å². The van der Waals surface area contributed by atoms with Gasteiger partial charge >= 0.3 is 0 Å². The SMILES string of the molecule is CN(CCN(C)S(=O)(=O)c1ccccc1)[C@@H]1CCN(c2nccc(-c3ccc4ccccc4c3)n2)C1. The molecule has 7 nitrogen and oxygen atoms in total. The highest BCUT2D eigenvalue weighted by atomic mass is 32.2. The van der Waals surface area contributed by atoms with Crippen LogP contribution in [0.5, 0.6) is 0 Å². The molecule has 1 fully saturated rings. The van der Waals surface area contributed by atoms with Gasteiger partial charge in [-0.3, -0.25) is 0 Å². The van der Waals surface area contributed by atoms with Gasteiger partial charge in [0.25, 0.3) is 0 Å². The lowest BCUT2D eigenvalue weighted by molar-refractivity contribution is 0.244. The Morgan fingerprint density at radius 1 is 0.917 bits per heavy atom. The molecule has 2 heterocycles. The molecule has 186 valence electrons. The van der Waals surface area contributed by atoms with Crippen LogP contribution in [0.25, 0.3) is 22.0 Å². The van der Waals surface area contributed by atoms with Crippen LogP contribution in [0.15, 0.2) is 90.0 Å². The Balaban J connectivity index is 1.22. The lowest BCUT2D eigenvalue weighted by Crippen LogP contribution is -2.40. The Hall–Kier alpha value is -3.33. The summed E-state index contributed by atoms with van der Waals surface area (Å²) in [5, 5.41) is 2.40. The second kappa shape index (κ2) is 10.3. The largest absolute Gasteiger partial charge is 0.339 e. The minimum Gasteiger partial charge on any atom is -0.339 e. The van der Waals surface area contributed by atoms with Crippen LogP contribution in [0, 0.1) is 0 Å². The molecule has 1 aromatic heterocycles. The Morgan fingerprint density at radius 3 is 2.47 bits per heavy atom. The van der Waals surface area contributed by atoms with Gasteiger partial charge in [-0.15, -0.1) is 0 Å². The summed E-state index contributed by atoms with van der Waals surface area (Å²) < 4.78 is 27.0. The fraction of sp³-hybridized carbons (Fsp3) is 0.286. The lowest BCUT2D eigenvalue weighted by atomic mass is 10.1. The van der Waals surface area contributed by atoms with Crippen molar-refractivity contribution in [2.45, 2.75) is 17.4 Å². The molecule has 0 bridgehead atoms. The van der Waals surface area contributed by atoms with Crippen molar-refractivity contribution in [1.29, 1.82) is 0 Å². The molecular formula is C28H31N5O2S. The average Bonchev–Trinajstić information content (AvgIpc) is 3.42. The number of hydrogen-bond donors (Lipinski definition) is 0. The predicted octanol–water partition coefficient (Wildman–Crippen LogP) is 4.13. The molecule has 5 rings (SSSR count). The highest BCUT2D eigenvalue weighted by molar-refractivity contribution is 7.89. The van der Waals surface area contributed by atoms with Gasteiger partial charge in [0.2, 0.25) is 16.0 Å². The molecule has 0 aliphatic carbocycles. The lowest BCUT2D eigenvalue weighted by Gasteiger charge is -2.27. The molecule has 0 amide bonds. The van der Waals surface area contributed by atoms with Gasteiger partial charge in [-0.2, -0.15) is 4.31 Å². The third-order valence-corrected chi connectivity index (χ3v) is 8.85. The minimum atomic E-state index is -3.48. The zero-order valence-corrected chi connectivity index (χ0v) is 21.5. The van der Waals surface area contributed by atoms with Gasteiger partial charge in [-0.05, 0) is 48.5 Å². The van der Waals surface area contributed by atoms with Gasteiger partial charge in [0.05, 0.1) is 10.6 Å². The van der Waals surface area contributed by atoms with Gasteiger partial charge in [0.15, 0.2) is 0 Å². The number of rotatable bonds is 8. The van der Waals surface area contributed by atoms with Crippen LogP contribution in [0.2, 0.25) is 0 Å². The monoisotopic (exact) mass is 501 g/mol. The van der Waals surface area contributed by atoms with Crippen LogP contribution in [0.1, 0.15) is 6.42 Å². The molecule has 1 aliphatic heterocycles. The van der Waals surface area contributed by atoms with Gasteiger partial charge in [-0.25, -0.2) is 18.4 Å².